The van der Waals surface area contributed by atoms with Gasteiger partial charge in [-0.05, 0) is 44.9 Å². The van der Waals surface area contributed by atoms with Gasteiger partial charge in [-0.1, -0.05) is 25.5 Å². The number of aliphatic hydroxyl groups is 3. The largest absolute Gasteiger partial charge is 0.461 e. The van der Waals surface area contributed by atoms with Crippen molar-refractivity contribution in [3.05, 3.63) is 29.8 Å². The number of rotatable bonds is 12. The van der Waals surface area contributed by atoms with Crippen molar-refractivity contribution in [1.29, 1.82) is 0 Å². The molecule has 2 aliphatic rings. The number of nitrogens with zero attached hydrogens (tertiary/aromatic N) is 1. The fourth-order valence-corrected chi connectivity index (χ4v) is 6.25. The molecule has 1 aromatic rings. The average molecular weight is 570 g/mol. The zero-order valence-electron chi connectivity index (χ0n) is 23.1. The number of nitrogens with two attached hydrogens (primary N) is 1. The van der Waals surface area contributed by atoms with Crippen molar-refractivity contribution in [2.45, 2.75) is 81.1 Å². The molecule has 0 spiro atoms. The van der Waals surface area contributed by atoms with Crippen LogP contribution in [-0.4, -0.2) is 113 Å². The van der Waals surface area contributed by atoms with Crippen LogP contribution in [0, 0.1) is 5.92 Å². The van der Waals surface area contributed by atoms with E-state index < -0.39 is 48.0 Å². The molecule has 220 valence electrons. The number of methoxy groups -OCH3 is 1. The molecule has 1 amide bonds. The molecule has 9 atom stereocenters. The first kappa shape index (κ1) is 31.6. The molecule has 2 aliphatic heterocycles. The van der Waals surface area contributed by atoms with Crippen molar-refractivity contribution >= 4 is 29.3 Å². The number of carbonyl (C=O) groups excluding carboxylic acids is 2. The second-order valence-corrected chi connectivity index (χ2v) is 11.6. The van der Waals surface area contributed by atoms with Gasteiger partial charge in [0.15, 0.2) is 0 Å². The van der Waals surface area contributed by atoms with E-state index in [1.165, 1.54) is 7.11 Å². The van der Waals surface area contributed by atoms with Crippen LogP contribution in [0.2, 0.25) is 0 Å². The maximum absolute atomic E-state index is 13.3. The molecule has 12 heteroatoms. The Hall–Kier alpha value is -1.93. The molecule has 0 bridgehead atoms. The quantitative estimate of drug-likeness (QED) is 0.136. The Balaban J connectivity index is 1.63. The number of anilines is 1. The molecule has 0 aromatic heterocycles. The number of benzene rings is 1. The van der Waals surface area contributed by atoms with Crippen molar-refractivity contribution in [3.63, 3.8) is 0 Å². The third-order valence-electron chi connectivity index (χ3n) is 7.56. The van der Waals surface area contributed by atoms with Crippen LogP contribution in [0.1, 0.15) is 43.5 Å². The normalized spacial score (nSPS) is 31.0. The minimum atomic E-state index is -1.51. The molecular weight excluding hydrogens is 526 g/mol. The van der Waals surface area contributed by atoms with E-state index in [1.54, 1.807) is 31.2 Å². The van der Waals surface area contributed by atoms with Gasteiger partial charge in [0.1, 0.15) is 36.5 Å². The van der Waals surface area contributed by atoms with Gasteiger partial charge < -0.3 is 40.6 Å². The maximum Gasteiger partial charge on any atom is 0.340 e. The van der Waals surface area contributed by atoms with Crippen LogP contribution in [0.25, 0.3) is 0 Å². The number of para-hydroxylation sites is 1. The van der Waals surface area contributed by atoms with E-state index in [0.29, 0.717) is 11.6 Å². The highest BCUT2D eigenvalue weighted by atomic mass is 32.2. The standard InChI is InChI=1S/C27H43N3O8S/c1-5-8-16-13-19(30(3)14-16)25(34)29-20(15(2)36-4)24-22(32)21(31)23(33)27(38-24)39-12-11-37-26(35)17-9-6-7-10-18(17)28/h6-7,9-10,15-16,19-24,27,31-33H,5,8,11-14,28H2,1-4H3,(H,29,34)/t15-,16-,19+,20-,21+,22-,23-,24-,27-/m1/s1. The maximum atomic E-state index is 13.3. The Kier molecular flexibility index (Phi) is 11.9. The number of nitrogen functional groups attached to an aromatic ring is 1. The van der Waals surface area contributed by atoms with E-state index in [1.807, 2.05) is 11.9 Å². The minimum absolute atomic E-state index is 0.00924. The molecule has 39 heavy (non-hydrogen) atoms. The Bertz CT molecular complexity index is 955. The number of likely N-dealkylation sites (N-methyl/N-ethyl adjacent to an activating group) is 1. The molecule has 6 N–H and O–H groups in total. The number of nitrogens with one attached hydrogen (secondary N) is 1. The number of hydrogen-bond donors (Lipinski definition) is 5. The zero-order chi connectivity index (χ0) is 28.7. The summed E-state index contributed by atoms with van der Waals surface area (Å²) in [5.41, 5.74) is 5.44. The number of likely N-dealkylation sites (tertiary alicyclic amines) is 1. The SMILES string of the molecule is CCC[C@@H]1C[C@@H](C(=O)N[C@@H]([C@H]2O[C@H](SCCOC(=O)c3ccccc3N)[C@H](O)[C@@H](O)[C@H]2O)[C@@H](C)OC)N(C)C1. The molecule has 0 aliphatic carbocycles. The Morgan fingerprint density at radius 3 is 2.62 bits per heavy atom. The van der Waals surface area contributed by atoms with Crippen LogP contribution in [0.5, 0.6) is 0 Å². The zero-order valence-corrected chi connectivity index (χ0v) is 23.9. The van der Waals surface area contributed by atoms with Gasteiger partial charge in [0.25, 0.3) is 0 Å². The van der Waals surface area contributed by atoms with Gasteiger partial charge in [-0.15, -0.1) is 11.8 Å². The topological polar surface area (TPSA) is 164 Å². The summed E-state index contributed by atoms with van der Waals surface area (Å²) in [7, 11) is 3.41. The molecular formula is C27H43N3O8S. The van der Waals surface area contributed by atoms with Gasteiger partial charge in [-0.25, -0.2) is 4.79 Å². The van der Waals surface area contributed by atoms with Gasteiger partial charge in [-0.2, -0.15) is 0 Å². The summed E-state index contributed by atoms with van der Waals surface area (Å²) >= 11 is 1.13. The van der Waals surface area contributed by atoms with Crippen LogP contribution in [0.4, 0.5) is 5.69 Å². The Labute approximate surface area is 234 Å². The molecule has 2 fully saturated rings. The van der Waals surface area contributed by atoms with E-state index >= 15 is 0 Å². The Morgan fingerprint density at radius 1 is 1.23 bits per heavy atom. The monoisotopic (exact) mass is 569 g/mol. The summed E-state index contributed by atoms with van der Waals surface area (Å²) in [6.45, 7) is 4.72. The second-order valence-electron chi connectivity index (χ2n) is 10.4. The molecule has 1 aromatic carbocycles. The highest BCUT2D eigenvalue weighted by Gasteiger charge is 2.49. The van der Waals surface area contributed by atoms with E-state index in [2.05, 4.69) is 12.2 Å². The predicted octanol–water partition coefficient (Wildman–Crippen LogP) is 0.607. The third-order valence-corrected chi connectivity index (χ3v) is 8.68. The first-order valence-corrected chi connectivity index (χ1v) is 14.5. The lowest BCUT2D eigenvalue weighted by molar-refractivity contribution is -0.212. The van der Waals surface area contributed by atoms with Crippen LogP contribution >= 0.6 is 11.8 Å². The number of hydrogen-bond acceptors (Lipinski definition) is 11. The van der Waals surface area contributed by atoms with Crippen LogP contribution in [0.3, 0.4) is 0 Å². The fourth-order valence-electron chi connectivity index (χ4n) is 5.27. The van der Waals surface area contributed by atoms with Gasteiger partial charge >= 0.3 is 5.97 Å². The summed E-state index contributed by atoms with van der Waals surface area (Å²) in [5, 5.41) is 35.1. The number of carbonyl (C=O) groups is 2. The third kappa shape index (κ3) is 7.84. The van der Waals surface area contributed by atoms with E-state index in [0.717, 1.165) is 37.6 Å². The van der Waals surface area contributed by atoms with E-state index in [-0.39, 0.29) is 29.9 Å². The summed E-state index contributed by atoms with van der Waals surface area (Å²) in [6.07, 6.45) is -3.14. The summed E-state index contributed by atoms with van der Waals surface area (Å²) < 4.78 is 16.8. The lowest BCUT2D eigenvalue weighted by Gasteiger charge is -2.44. The first-order chi connectivity index (χ1) is 18.6. The van der Waals surface area contributed by atoms with Gasteiger partial charge in [0.2, 0.25) is 5.91 Å². The number of esters is 1. The van der Waals surface area contributed by atoms with Crippen LogP contribution in [0.15, 0.2) is 24.3 Å². The summed E-state index contributed by atoms with van der Waals surface area (Å²) in [5.74, 6) is -0.0754. The number of ether oxygens (including phenoxy) is 3. The molecule has 11 nitrogen and oxygen atoms in total. The van der Waals surface area contributed by atoms with E-state index in [9.17, 15) is 24.9 Å². The number of aliphatic hydroxyl groups excluding tert-OH is 3. The molecule has 2 saturated heterocycles. The first-order valence-electron chi connectivity index (χ1n) is 13.4. The lowest BCUT2D eigenvalue weighted by Crippen LogP contribution is -2.66. The van der Waals surface area contributed by atoms with Crippen molar-refractivity contribution in [3.8, 4) is 0 Å². The average Bonchev–Trinajstić information content (AvgIpc) is 3.29. The van der Waals surface area contributed by atoms with Gasteiger partial charge in [0.05, 0.1) is 23.8 Å². The summed E-state index contributed by atoms with van der Waals surface area (Å²) in [4.78, 5) is 27.6. The van der Waals surface area contributed by atoms with Gasteiger partial charge in [-0.3, -0.25) is 9.69 Å². The number of thioether (sulfide) groups is 1. The molecule has 0 saturated carbocycles. The smallest absolute Gasteiger partial charge is 0.340 e. The van der Waals surface area contributed by atoms with Crippen molar-refractivity contribution < 1.29 is 39.1 Å². The predicted molar refractivity (Wildman–Crippen MR) is 148 cm³/mol. The number of amides is 1. The molecule has 0 radical (unpaired) electrons. The molecule has 3 rings (SSSR count). The molecule has 0 unspecified atom stereocenters. The van der Waals surface area contributed by atoms with Gasteiger partial charge in [0, 0.05) is 25.1 Å². The second kappa shape index (κ2) is 14.6. The molecule has 2 heterocycles. The minimum Gasteiger partial charge on any atom is -0.461 e. The highest BCUT2D eigenvalue weighted by Crippen LogP contribution is 2.32. The highest BCUT2D eigenvalue weighted by molar-refractivity contribution is 7.99. The van der Waals surface area contributed by atoms with Crippen molar-refractivity contribution in [2.75, 3.05) is 38.8 Å². The summed E-state index contributed by atoms with van der Waals surface area (Å²) in [6, 6.07) is 5.47. The van der Waals surface area contributed by atoms with E-state index in [4.69, 9.17) is 19.9 Å². The lowest BCUT2D eigenvalue weighted by atomic mass is 9.91. The van der Waals surface area contributed by atoms with Crippen molar-refractivity contribution in [2.24, 2.45) is 5.92 Å². The fraction of sp³-hybridized carbons (Fsp3) is 0.704. The van der Waals surface area contributed by atoms with Crippen molar-refractivity contribution in [1.82, 2.24) is 10.2 Å². The van der Waals surface area contributed by atoms with Crippen LogP contribution in [-0.2, 0) is 19.0 Å². The van der Waals surface area contributed by atoms with Crippen LogP contribution < -0.4 is 11.1 Å². The Morgan fingerprint density at radius 2 is 1.95 bits per heavy atom.